The Morgan fingerprint density at radius 1 is 1.16 bits per heavy atom. The van der Waals surface area contributed by atoms with Crippen LogP contribution in [0.1, 0.15) is 39.6 Å². The SMILES string of the molecule is C[C@H](O)c1nnc(-c2cc(Cl)c(F)cc2N(C(C)(C)C)S(=O)(=O)c2ccccc2)n1C. The summed E-state index contributed by atoms with van der Waals surface area (Å²) in [6.07, 6.45) is -0.905. The minimum Gasteiger partial charge on any atom is -0.385 e. The van der Waals surface area contributed by atoms with Crippen molar-refractivity contribution in [3.05, 3.63) is 59.1 Å². The van der Waals surface area contributed by atoms with Crippen molar-refractivity contribution in [1.82, 2.24) is 14.8 Å². The second-order valence-corrected chi connectivity index (χ2v) is 10.3. The minimum atomic E-state index is -4.08. The van der Waals surface area contributed by atoms with Gasteiger partial charge >= 0.3 is 0 Å². The third kappa shape index (κ3) is 4.30. The van der Waals surface area contributed by atoms with Gasteiger partial charge in [0, 0.05) is 24.2 Å². The molecule has 166 valence electrons. The Labute approximate surface area is 186 Å². The largest absolute Gasteiger partial charge is 0.385 e. The smallest absolute Gasteiger partial charge is 0.264 e. The molecule has 0 radical (unpaired) electrons. The Bertz CT molecular complexity index is 1210. The van der Waals surface area contributed by atoms with Gasteiger partial charge in [-0.25, -0.2) is 12.8 Å². The molecule has 1 N–H and O–H groups in total. The first-order chi connectivity index (χ1) is 14.4. The molecule has 3 aromatic rings. The number of anilines is 1. The van der Waals surface area contributed by atoms with Crippen LogP contribution in [0.2, 0.25) is 5.02 Å². The highest BCUT2D eigenvalue weighted by Crippen LogP contribution is 2.40. The zero-order chi connectivity index (χ0) is 23.1. The van der Waals surface area contributed by atoms with Gasteiger partial charge in [0.25, 0.3) is 10.0 Å². The molecule has 1 aromatic heterocycles. The van der Waals surface area contributed by atoms with Gasteiger partial charge in [-0.1, -0.05) is 29.8 Å². The molecule has 0 amide bonds. The highest BCUT2D eigenvalue weighted by Gasteiger charge is 2.37. The van der Waals surface area contributed by atoms with E-state index in [1.165, 1.54) is 29.7 Å². The van der Waals surface area contributed by atoms with Gasteiger partial charge < -0.3 is 9.67 Å². The lowest BCUT2D eigenvalue weighted by atomic mass is 10.1. The van der Waals surface area contributed by atoms with Crippen molar-refractivity contribution in [2.75, 3.05) is 4.31 Å². The summed E-state index contributed by atoms with van der Waals surface area (Å²) in [4.78, 5) is 0.0638. The molecule has 2 aromatic carbocycles. The monoisotopic (exact) mass is 466 g/mol. The lowest BCUT2D eigenvalue weighted by molar-refractivity contribution is 0.185. The molecule has 31 heavy (non-hydrogen) atoms. The molecule has 0 saturated carbocycles. The minimum absolute atomic E-state index is 0.0610. The van der Waals surface area contributed by atoms with E-state index in [2.05, 4.69) is 10.2 Å². The third-order valence-corrected chi connectivity index (χ3v) is 7.05. The van der Waals surface area contributed by atoms with Crippen molar-refractivity contribution in [1.29, 1.82) is 0 Å². The normalized spacial score (nSPS) is 13.3. The van der Waals surface area contributed by atoms with Gasteiger partial charge in [0.1, 0.15) is 11.9 Å². The van der Waals surface area contributed by atoms with Gasteiger partial charge in [-0.3, -0.25) is 4.31 Å². The van der Waals surface area contributed by atoms with Crippen molar-refractivity contribution >= 4 is 27.3 Å². The van der Waals surface area contributed by atoms with Crippen molar-refractivity contribution in [3.63, 3.8) is 0 Å². The van der Waals surface area contributed by atoms with Gasteiger partial charge in [0.15, 0.2) is 11.6 Å². The van der Waals surface area contributed by atoms with Crippen LogP contribution in [0.3, 0.4) is 0 Å². The number of halogens is 2. The number of sulfonamides is 1. The fourth-order valence-electron chi connectivity index (χ4n) is 3.37. The maximum absolute atomic E-state index is 14.6. The highest BCUT2D eigenvalue weighted by molar-refractivity contribution is 7.93. The Balaban J connectivity index is 2.35. The van der Waals surface area contributed by atoms with E-state index in [-0.39, 0.29) is 32.8 Å². The predicted octanol–water partition coefficient (Wildman–Crippen LogP) is 4.32. The standard InChI is InChI=1S/C21H24ClFN4O3S/c1-13(28)19-24-25-20(26(19)5)15-11-16(22)17(23)12-18(15)27(21(2,3)4)31(29,30)14-9-7-6-8-10-14/h6-13,28H,1-5H3/t13-/m0/s1. The van der Waals surface area contributed by atoms with E-state index in [1.54, 1.807) is 46.0 Å². The second kappa shape index (κ2) is 8.22. The molecule has 10 heteroatoms. The molecule has 0 saturated heterocycles. The average Bonchev–Trinajstić information content (AvgIpc) is 3.05. The number of hydrogen-bond acceptors (Lipinski definition) is 5. The molecule has 0 aliphatic heterocycles. The van der Waals surface area contributed by atoms with Gasteiger partial charge in [0.05, 0.1) is 15.6 Å². The predicted molar refractivity (Wildman–Crippen MR) is 118 cm³/mol. The summed E-state index contributed by atoms with van der Waals surface area (Å²) in [6, 6.07) is 10.3. The van der Waals surface area contributed by atoms with Crippen molar-refractivity contribution < 1.29 is 17.9 Å². The number of nitrogens with zero attached hydrogens (tertiary/aromatic N) is 4. The molecule has 1 heterocycles. The number of hydrogen-bond donors (Lipinski definition) is 1. The molecular formula is C21H24ClFN4O3S. The fourth-order valence-corrected chi connectivity index (χ4v) is 5.38. The summed E-state index contributed by atoms with van der Waals surface area (Å²) in [7, 11) is -2.45. The molecule has 0 aliphatic carbocycles. The first-order valence-electron chi connectivity index (χ1n) is 9.53. The van der Waals surface area contributed by atoms with E-state index < -0.39 is 27.5 Å². The first kappa shape index (κ1) is 23.2. The van der Waals surface area contributed by atoms with Crippen LogP contribution in [0.4, 0.5) is 10.1 Å². The van der Waals surface area contributed by atoms with E-state index in [1.807, 2.05) is 0 Å². The van der Waals surface area contributed by atoms with Crippen LogP contribution in [0.25, 0.3) is 11.4 Å². The van der Waals surface area contributed by atoms with Crippen LogP contribution in [0.15, 0.2) is 47.4 Å². The van der Waals surface area contributed by atoms with E-state index in [0.29, 0.717) is 0 Å². The molecule has 3 rings (SSSR count). The van der Waals surface area contributed by atoms with Crippen LogP contribution < -0.4 is 4.31 Å². The topological polar surface area (TPSA) is 88.3 Å². The molecular weight excluding hydrogens is 443 g/mol. The zero-order valence-corrected chi connectivity index (χ0v) is 19.4. The van der Waals surface area contributed by atoms with Gasteiger partial charge in [-0.2, -0.15) is 0 Å². The van der Waals surface area contributed by atoms with Crippen molar-refractivity contribution in [3.8, 4) is 11.4 Å². The Morgan fingerprint density at radius 2 is 1.77 bits per heavy atom. The molecule has 0 aliphatic rings. The molecule has 0 spiro atoms. The van der Waals surface area contributed by atoms with Crippen molar-refractivity contribution in [2.45, 2.75) is 44.2 Å². The summed E-state index contributed by atoms with van der Waals surface area (Å²) in [5, 5.41) is 17.8. The van der Waals surface area contributed by atoms with E-state index in [0.717, 1.165) is 10.4 Å². The molecule has 0 unspecified atom stereocenters. The van der Waals surface area contributed by atoms with Crippen LogP contribution in [0.5, 0.6) is 0 Å². The summed E-state index contributed by atoms with van der Waals surface area (Å²) >= 11 is 6.06. The van der Waals surface area contributed by atoms with Gasteiger partial charge in [-0.15, -0.1) is 10.2 Å². The average molecular weight is 467 g/mol. The van der Waals surface area contributed by atoms with Crippen LogP contribution in [-0.4, -0.2) is 33.8 Å². The number of aromatic nitrogens is 3. The Morgan fingerprint density at radius 3 is 2.29 bits per heavy atom. The lowest BCUT2D eigenvalue weighted by Gasteiger charge is -2.37. The number of benzene rings is 2. The quantitative estimate of drug-likeness (QED) is 0.604. The van der Waals surface area contributed by atoms with Crippen molar-refractivity contribution in [2.24, 2.45) is 7.05 Å². The molecule has 0 fully saturated rings. The zero-order valence-electron chi connectivity index (χ0n) is 17.8. The molecule has 0 bridgehead atoms. The highest BCUT2D eigenvalue weighted by atomic mass is 35.5. The first-order valence-corrected chi connectivity index (χ1v) is 11.3. The van der Waals surface area contributed by atoms with E-state index >= 15 is 0 Å². The van der Waals surface area contributed by atoms with Gasteiger partial charge in [-0.05, 0) is 45.9 Å². The summed E-state index contributed by atoms with van der Waals surface area (Å²) in [6.45, 7) is 6.67. The van der Waals surface area contributed by atoms with Gasteiger partial charge in [0.2, 0.25) is 0 Å². The number of aliphatic hydroxyl groups excluding tert-OH is 1. The third-order valence-electron chi connectivity index (χ3n) is 4.67. The summed E-state index contributed by atoms with van der Waals surface area (Å²) in [5.74, 6) is -0.254. The summed E-state index contributed by atoms with van der Waals surface area (Å²) < 4.78 is 44.6. The summed E-state index contributed by atoms with van der Waals surface area (Å²) in [5.41, 5.74) is -0.635. The Kier molecular flexibility index (Phi) is 6.14. The fraction of sp³-hybridized carbons (Fsp3) is 0.333. The number of aliphatic hydroxyl groups is 1. The van der Waals surface area contributed by atoms with Crippen LogP contribution in [0, 0.1) is 5.82 Å². The van der Waals surface area contributed by atoms with E-state index in [9.17, 15) is 17.9 Å². The second-order valence-electron chi connectivity index (χ2n) is 8.15. The molecule has 1 atom stereocenters. The number of rotatable bonds is 5. The van der Waals surface area contributed by atoms with Crippen LogP contribution in [-0.2, 0) is 17.1 Å². The maximum atomic E-state index is 14.6. The molecule has 7 nitrogen and oxygen atoms in total. The Hall–Kier alpha value is -2.49. The lowest BCUT2D eigenvalue weighted by Crippen LogP contribution is -2.46. The maximum Gasteiger partial charge on any atom is 0.264 e. The van der Waals surface area contributed by atoms with E-state index in [4.69, 9.17) is 11.6 Å². The van der Waals surface area contributed by atoms with Crippen LogP contribution >= 0.6 is 11.6 Å².